The van der Waals surface area contributed by atoms with Gasteiger partial charge in [-0.15, -0.1) is 0 Å². The Balaban J connectivity index is 2.23. The molecule has 0 bridgehead atoms. The van der Waals surface area contributed by atoms with Gasteiger partial charge >= 0.3 is 0 Å². The number of benzene rings is 2. The first kappa shape index (κ1) is 6.58. The van der Waals surface area contributed by atoms with Gasteiger partial charge in [0, 0.05) is 10.9 Å². The van der Waals surface area contributed by atoms with Crippen LogP contribution in [-0.2, 0) is 0 Å². The summed E-state index contributed by atoms with van der Waals surface area (Å²) in [6, 6.07) is 3.54. The average molecular weight is 250 g/mol. The first-order valence-corrected chi connectivity index (χ1v) is 5.75. The van der Waals surface area contributed by atoms with E-state index in [-0.39, 0.29) is 36.2 Å². The van der Waals surface area contributed by atoms with Gasteiger partial charge in [0.2, 0.25) is 0 Å². The zero-order valence-electron chi connectivity index (χ0n) is 13.9. The number of hydrogen-bond donors (Lipinski definition) is 1. The topological polar surface area (TPSA) is 20.2 Å². The molecule has 1 aliphatic rings. The fourth-order valence-electron chi connectivity index (χ4n) is 2.34. The van der Waals surface area contributed by atoms with Gasteiger partial charge in [0.15, 0.2) is 0 Å². The maximum absolute atomic E-state index is 10.2. The van der Waals surface area contributed by atoms with E-state index in [0.29, 0.717) is 10.6 Å². The molecule has 1 N–H and O–H groups in total. The lowest BCUT2D eigenvalue weighted by molar-refractivity contribution is 0.176. The molecule has 0 spiro atoms. The number of aliphatic hydroxyl groups excluding tert-OH is 1. The number of rotatable bonds is 1. The highest BCUT2D eigenvalue weighted by Gasteiger charge is 2.30. The maximum Gasteiger partial charge on any atom is 0.0802 e. The van der Waals surface area contributed by atoms with Gasteiger partial charge in [-0.25, -0.2) is 0 Å². The molecule has 0 saturated carbocycles. The molecule has 2 aromatic rings. The molecule has 0 heterocycles. The summed E-state index contributed by atoms with van der Waals surface area (Å²) in [5, 5.41) is 10.7. The fourth-order valence-corrected chi connectivity index (χ4v) is 2.52. The third-order valence-electron chi connectivity index (χ3n) is 3.11. The molecular formula is C15H13ClO. The van der Waals surface area contributed by atoms with Crippen molar-refractivity contribution >= 4 is 11.6 Å². The van der Waals surface area contributed by atoms with E-state index in [1.807, 2.05) is 0 Å². The van der Waals surface area contributed by atoms with Crippen molar-refractivity contribution in [1.82, 2.24) is 0 Å². The number of hydrogen-bond acceptors (Lipinski definition) is 1. The van der Waals surface area contributed by atoms with Crippen molar-refractivity contribution < 1.29 is 12.0 Å². The Labute approximate surface area is 113 Å². The van der Waals surface area contributed by atoms with Gasteiger partial charge in [-0.1, -0.05) is 47.9 Å². The largest absolute Gasteiger partial charge is 0.388 e. The van der Waals surface area contributed by atoms with Gasteiger partial charge in [0.05, 0.1) is 13.0 Å². The molecule has 17 heavy (non-hydrogen) atoms. The van der Waals surface area contributed by atoms with Gasteiger partial charge < -0.3 is 5.11 Å². The summed E-state index contributed by atoms with van der Waals surface area (Å²) < 4.78 is 39.3. The van der Waals surface area contributed by atoms with Crippen molar-refractivity contribution in [3.63, 3.8) is 0 Å². The van der Waals surface area contributed by atoms with E-state index in [1.54, 1.807) is 18.2 Å². The summed E-state index contributed by atoms with van der Waals surface area (Å²) in [7, 11) is 0. The average Bonchev–Trinajstić information content (AvgIpc) is 2.80. The van der Waals surface area contributed by atoms with Crippen molar-refractivity contribution in [3.05, 3.63) is 70.1 Å². The van der Waals surface area contributed by atoms with Crippen LogP contribution in [0.15, 0.2) is 48.4 Å². The molecule has 86 valence electrons. The van der Waals surface area contributed by atoms with E-state index in [4.69, 9.17) is 18.5 Å². The molecule has 0 radical (unpaired) electrons. The minimum atomic E-state index is -0.753. The first-order chi connectivity index (χ1) is 10.3. The Hall–Kier alpha value is -1.31. The molecule has 0 saturated heterocycles. The van der Waals surface area contributed by atoms with Crippen molar-refractivity contribution in [1.29, 1.82) is 0 Å². The highest BCUT2D eigenvalue weighted by atomic mass is 35.5. The molecule has 0 fully saturated rings. The summed E-state index contributed by atoms with van der Waals surface area (Å²) in [5.74, 6) is -0.434. The van der Waals surface area contributed by atoms with Crippen LogP contribution in [0.5, 0.6) is 0 Å². The molecule has 2 aromatic carbocycles. The molecule has 2 heteroatoms. The second kappa shape index (κ2) is 4.17. The van der Waals surface area contributed by atoms with Crippen LogP contribution in [0.25, 0.3) is 0 Å². The number of aliphatic hydroxyl groups is 1. The van der Waals surface area contributed by atoms with E-state index < -0.39 is 18.1 Å². The predicted octanol–water partition coefficient (Wildman–Crippen LogP) is 3.91. The van der Waals surface area contributed by atoms with Crippen LogP contribution in [0, 0.1) is 0 Å². The lowest BCUT2D eigenvalue weighted by Crippen LogP contribution is -1.95. The number of fused-ring (bicyclic) bond motifs is 1. The maximum atomic E-state index is 10.2. The third kappa shape index (κ3) is 1.86. The minimum absolute atomic E-state index is 0.217. The second-order valence-corrected chi connectivity index (χ2v) is 4.55. The molecule has 1 nitrogen and oxygen atoms in total. The molecule has 0 aliphatic heterocycles. The Kier molecular flexibility index (Phi) is 1.61. The molecule has 3 rings (SSSR count). The van der Waals surface area contributed by atoms with Crippen LogP contribution >= 0.6 is 11.6 Å². The van der Waals surface area contributed by atoms with E-state index in [0.717, 1.165) is 5.56 Å². The van der Waals surface area contributed by atoms with Gasteiger partial charge in [0.25, 0.3) is 0 Å². The summed E-state index contributed by atoms with van der Waals surface area (Å²) in [6.07, 6.45) is -0.472. The van der Waals surface area contributed by atoms with Crippen LogP contribution in [0.3, 0.4) is 0 Å². The van der Waals surface area contributed by atoms with Gasteiger partial charge in [-0.05, 0) is 35.2 Å². The highest BCUT2D eigenvalue weighted by molar-refractivity contribution is 6.30. The van der Waals surface area contributed by atoms with Crippen LogP contribution in [-0.4, -0.2) is 5.11 Å². The van der Waals surface area contributed by atoms with Crippen molar-refractivity contribution in [2.24, 2.45) is 0 Å². The van der Waals surface area contributed by atoms with E-state index in [2.05, 4.69) is 0 Å². The Morgan fingerprint density at radius 3 is 2.71 bits per heavy atom. The lowest BCUT2D eigenvalue weighted by Gasteiger charge is -2.11. The Morgan fingerprint density at radius 2 is 1.94 bits per heavy atom. The summed E-state index contributed by atoms with van der Waals surface area (Å²) >= 11 is 5.95. The Morgan fingerprint density at radius 1 is 1.18 bits per heavy atom. The minimum Gasteiger partial charge on any atom is -0.388 e. The zero-order chi connectivity index (χ0) is 16.2. The van der Waals surface area contributed by atoms with Crippen molar-refractivity contribution in [2.45, 2.75) is 18.4 Å². The van der Waals surface area contributed by atoms with Gasteiger partial charge in [0.1, 0.15) is 0 Å². The highest BCUT2D eigenvalue weighted by Crippen LogP contribution is 2.44. The van der Waals surface area contributed by atoms with E-state index >= 15 is 0 Å². The smallest absolute Gasteiger partial charge is 0.0802 e. The lowest BCUT2D eigenvalue weighted by atomic mass is 9.93. The van der Waals surface area contributed by atoms with Crippen LogP contribution in [0.4, 0.5) is 0 Å². The summed E-state index contributed by atoms with van der Waals surface area (Å²) in [6.45, 7) is 0. The Bertz CT molecular complexity index is 748. The normalized spacial score (nSPS) is 26.6. The van der Waals surface area contributed by atoms with Crippen molar-refractivity contribution in [3.8, 4) is 0 Å². The van der Waals surface area contributed by atoms with Gasteiger partial charge in [-0.2, -0.15) is 0 Å². The number of halogens is 1. The second-order valence-electron chi connectivity index (χ2n) is 4.12. The SMILES string of the molecule is [2H]c1c([2H])c([2H])c([C@H]2C[C@@H](O)c3cc(Cl)ccc32)c([2H])c1[2H]. The molecule has 1 aliphatic carbocycles. The van der Waals surface area contributed by atoms with Crippen LogP contribution in [0.1, 0.15) is 42.0 Å². The predicted molar refractivity (Wildman–Crippen MR) is 69.3 cm³/mol. The van der Waals surface area contributed by atoms with Crippen LogP contribution < -0.4 is 0 Å². The molecular weight excluding hydrogens is 232 g/mol. The van der Waals surface area contributed by atoms with Crippen LogP contribution in [0.2, 0.25) is 5.02 Å². The zero-order valence-corrected chi connectivity index (χ0v) is 9.67. The third-order valence-corrected chi connectivity index (χ3v) is 3.35. The van der Waals surface area contributed by atoms with E-state index in [9.17, 15) is 5.11 Å². The first-order valence-electron chi connectivity index (χ1n) is 7.87. The molecule has 0 amide bonds. The quantitative estimate of drug-likeness (QED) is 0.813. The molecule has 0 unspecified atom stereocenters. The standard InChI is InChI=1S/C15H13ClO/c16-11-6-7-12-13(9-15(17)14(12)8-11)10-4-2-1-3-5-10/h1-8,13,15,17H,9H2/t13-,15-/m1/s1/i1D,2D,3D,4D,5D. The monoisotopic (exact) mass is 249 g/mol. The molecule has 2 atom stereocenters. The summed E-state index contributed by atoms with van der Waals surface area (Å²) in [5.41, 5.74) is 1.64. The van der Waals surface area contributed by atoms with Gasteiger partial charge in [-0.3, -0.25) is 0 Å². The van der Waals surface area contributed by atoms with Crippen molar-refractivity contribution in [2.75, 3.05) is 0 Å². The molecule has 0 aromatic heterocycles. The fraction of sp³-hybridized carbons (Fsp3) is 0.200. The summed E-state index contributed by atoms with van der Waals surface area (Å²) in [4.78, 5) is 0. The van der Waals surface area contributed by atoms with E-state index in [1.165, 1.54) is 0 Å².